The second-order valence-corrected chi connectivity index (χ2v) is 2.81. The average molecular weight is 192 g/mol. The lowest BCUT2D eigenvalue weighted by atomic mass is 10.5. The standard InChI is InChI=1S/C10H12N2O2/c1-3-9(13-7-1)11-5-6-12-10-4-2-8-14-10/h1-4,7-8,11-12H,5-6H2. The number of rotatable bonds is 5. The molecule has 2 heterocycles. The first-order valence-electron chi connectivity index (χ1n) is 4.50. The van der Waals surface area contributed by atoms with Crippen LogP contribution in [0.3, 0.4) is 0 Å². The van der Waals surface area contributed by atoms with Crippen molar-refractivity contribution in [3.63, 3.8) is 0 Å². The van der Waals surface area contributed by atoms with E-state index in [-0.39, 0.29) is 0 Å². The minimum atomic E-state index is 0.784. The van der Waals surface area contributed by atoms with Gasteiger partial charge in [0, 0.05) is 25.2 Å². The normalized spacial score (nSPS) is 10.0. The van der Waals surface area contributed by atoms with Gasteiger partial charge < -0.3 is 19.5 Å². The third-order valence-electron chi connectivity index (χ3n) is 1.77. The van der Waals surface area contributed by atoms with Gasteiger partial charge in [-0.05, 0) is 12.1 Å². The molecule has 0 spiro atoms. The summed E-state index contributed by atoms with van der Waals surface area (Å²) in [5.74, 6) is 1.57. The summed E-state index contributed by atoms with van der Waals surface area (Å²) in [5.41, 5.74) is 0. The number of hydrogen-bond donors (Lipinski definition) is 2. The van der Waals surface area contributed by atoms with Gasteiger partial charge in [-0.25, -0.2) is 0 Å². The van der Waals surface area contributed by atoms with E-state index in [1.54, 1.807) is 12.5 Å². The van der Waals surface area contributed by atoms with Crippen LogP contribution < -0.4 is 10.6 Å². The molecule has 2 rings (SSSR count). The SMILES string of the molecule is c1coc(NCCNc2ccco2)c1. The first kappa shape index (κ1) is 8.74. The molecule has 0 radical (unpaired) electrons. The number of nitrogens with one attached hydrogen (secondary N) is 2. The van der Waals surface area contributed by atoms with E-state index in [1.165, 1.54) is 0 Å². The molecule has 0 aromatic carbocycles. The topological polar surface area (TPSA) is 50.3 Å². The molecule has 4 nitrogen and oxygen atoms in total. The first-order valence-corrected chi connectivity index (χ1v) is 4.50. The van der Waals surface area contributed by atoms with Crippen LogP contribution in [0.25, 0.3) is 0 Å². The van der Waals surface area contributed by atoms with E-state index < -0.39 is 0 Å². The van der Waals surface area contributed by atoms with E-state index in [9.17, 15) is 0 Å². The lowest BCUT2D eigenvalue weighted by Crippen LogP contribution is -2.12. The molecule has 0 unspecified atom stereocenters. The van der Waals surface area contributed by atoms with Gasteiger partial charge in [0.25, 0.3) is 0 Å². The van der Waals surface area contributed by atoms with Gasteiger partial charge in [0.05, 0.1) is 12.5 Å². The summed E-state index contributed by atoms with van der Waals surface area (Å²) in [7, 11) is 0. The number of furan rings is 2. The quantitative estimate of drug-likeness (QED) is 0.714. The minimum Gasteiger partial charge on any atom is -0.449 e. The van der Waals surface area contributed by atoms with Crippen molar-refractivity contribution in [3.8, 4) is 0 Å². The fourth-order valence-corrected chi connectivity index (χ4v) is 1.13. The summed E-state index contributed by atoms with van der Waals surface area (Å²) >= 11 is 0. The van der Waals surface area contributed by atoms with Crippen LogP contribution in [-0.2, 0) is 0 Å². The van der Waals surface area contributed by atoms with Crippen LogP contribution in [0.5, 0.6) is 0 Å². The van der Waals surface area contributed by atoms with Crippen LogP contribution in [0.4, 0.5) is 11.8 Å². The molecule has 0 fully saturated rings. The zero-order chi connectivity index (χ0) is 9.64. The Morgan fingerprint density at radius 1 is 0.857 bits per heavy atom. The van der Waals surface area contributed by atoms with E-state index >= 15 is 0 Å². The highest BCUT2D eigenvalue weighted by Gasteiger charge is 1.94. The van der Waals surface area contributed by atoms with Crippen molar-refractivity contribution in [1.82, 2.24) is 0 Å². The summed E-state index contributed by atoms with van der Waals surface area (Å²) in [6, 6.07) is 7.46. The highest BCUT2D eigenvalue weighted by molar-refractivity contribution is 5.32. The molecule has 0 bridgehead atoms. The van der Waals surface area contributed by atoms with Crippen LogP contribution in [0.2, 0.25) is 0 Å². The first-order chi connectivity index (χ1) is 6.95. The second kappa shape index (κ2) is 4.41. The van der Waals surface area contributed by atoms with Crippen molar-refractivity contribution in [2.75, 3.05) is 23.7 Å². The van der Waals surface area contributed by atoms with E-state index in [4.69, 9.17) is 8.83 Å². The molecular formula is C10H12N2O2. The molecule has 2 N–H and O–H groups in total. The Morgan fingerprint density at radius 3 is 1.71 bits per heavy atom. The Balaban J connectivity index is 1.65. The summed E-state index contributed by atoms with van der Waals surface area (Å²) in [4.78, 5) is 0. The van der Waals surface area contributed by atoms with Crippen molar-refractivity contribution in [2.24, 2.45) is 0 Å². The third kappa shape index (κ3) is 2.32. The fourth-order valence-electron chi connectivity index (χ4n) is 1.13. The summed E-state index contributed by atoms with van der Waals surface area (Å²) in [6.45, 7) is 1.57. The fraction of sp³-hybridized carbons (Fsp3) is 0.200. The molecule has 0 saturated carbocycles. The van der Waals surface area contributed by atoms with Crippen molar-refractivity contribution in [2.45, 2.75) is 0 Å². The third-order valence-corrected chi connectivity index (χ3v) is 1.77. The van der Waals surface area contributed by atoms with E-state index in [1.807, 2.05) is 24.3 Å². The highest BCUT2D eigenvalue weighted by Crippen LogP contribution is 2.07. The Labute approximate surface area is 81.9 Å². The monoisotopic (exact) mass is 192 g/mol. The van der Waals surface area contributed by atoms with Gasteiger partial charge in [0.2, 0.25) is 0 Å². The lowest BCUT2D eigenvalue weighted by molar-refractivity contribution is 0.574. The predicted octanol–water partition coefficient (Wildman–Crippen LogP) is 2.40. The maximum Gasteiger partial charge on any atom is 0.192 e. The Bertz CT molecular complexity index is 304. The van der Waals surface area contributed by atoms with E-state index in [0.29, 0.717) is 0 Å². The molecule has 0 atom stereocenters. The molecule has 4 heteroatoms. The summed E-state index contributed by atoms with van der Waals surface area (Å²) < 4.78 is 10.2. The minimum absolute atomic E-state index is 0.784. The van der Waals surface area contributed by atoms with Gasteiger partial charge in [0.1, 0.15) is 0 Å². The van der Waals surface area contributed by atoms with Gasteiger partial charge in [-0.1, -0.05) is 0 Å². The largest absolute Gasteiger partial charge is 0.449 e. The second-order valence-electron chi connectivity index (χ2n) is 2.81. The summed E-state index contributed by atoms with van der Waals surface area (Å²) in [6.07, 6.45) is 3.28. The molecule has 2 aromatic heterocycles. The molecule has 14 heavy (non-hydrogen) atoms. The molecule has 0 aliphatic rings. The van der Waals surface area contributed by atoms with Gasteiger partial charge in [0.15, 0.2) is 11.8 Å². The molecule has 0 aliphatic carbocycles. The van der Waals surface area contributed by atoms with Gasteiger partial charge in [-0.2, -0.15) is 0 Å². The molecule has 2 aromatic rings. The molecule has 74 valence electrons. The summed E-state index contributed by atoms with van der Waals surface area (Å²) in [5, 5.41) is 6.23. The highest BCUT2D eigenvalue weighted by atomic mass is 16.3. The zero-order valence-electron chi connectivity index (χ0n) is 7.69. The van der Waals surface area contributed by atoms with Gasteiger partial charge >= 0.3 is 0 Å². The van der Waals surface area contributed by atoms with Crippen LogP contribution >= 0.6 is 0 Å². The van der Waals surface area contributed by atoms with Crippen LogP contribution in [-0.4, -0.2) is 13.1 Å². The average Bonchev–Trinajstić information content (AvgIpc) is 2.86. The van der Waals surface area contributed by atoms with E-state index in [0.717, 1.165) is 24.9 Å². The van der Waals surface area contributed by atoms with Crippen molar-refractivity contribution >= 4 is 11.8 Å². The van der Waals surface area contributed by atoms with Crippen LogP contribution in [0.1, 0.15) is 0 Å². The predicted molar refractivity (Wildman–Crippen MR) is 54.4 cm³/mol. The maximum absolute atomic E-state index is 5.11. The molecule has 0 saturated heterocycles. The maximum atomic E-state index is 5.11. The molecular weight excluding hydrogens is 180 g/mol. The number of anilines is 2. The lowest BCUT2D eigenvalue weighted by Gasteiger charge is -2.03. The molecule has 0 aliphatic heterocycles. The van der Waals surface area contributed by atoms with Crippen molar-refractivity contribution in [1.29, 1.82) is 0 Å². The van der Waals surface area contributed by atoms with Crippen molar-refractivity contribution in [3.05, 3.63) is 36.8 Å². The van der Waals surface area contributed by atoms with Gasteiger partial charge in [-0.3, -0.25) is 0 Å². The Kier molecular flexibility index (Phi) is 2.76. The smallest absolute Gasteiger partial charge is 0.192 e. The van der Waals surface area contributed by atoms with Crippen LogP contribution in [0, 0.1) is 0 Å². The van der Waals surface area contributed by atoms with E-state index in [2.05, 4.69) is 10.6 Å². The Morgan fingerprint density at radius 2 is 1.36 bits per heavy atom. The van der Waals surface area contributed by atoms with Gasteiger partial charge in [-0.15, -0.1) is 0 Å². The number of hydrogen-bond acceptors (Lipinski definition) is 4. The van der Waals surface area contributed by atoms with Crippen LogP contribution in [0.15, 0.2) is 45.6 Å². The van der Waals surface area contributed by atoms with Crippen molar-refractivity contribution < 1.29 is 8.83 Å². The molecule has 0 amide bonds. The zero-order valence-corrected chi connectivity index (χ0v) is 7.69. The Hall–Kier alpha value is -1.84.